The number of benzene rings is 1. The first-order chi connectivity index (χ1) is 12.6. The number of carbonyl (C=O) groups excluding carboxylic acids is 1. The van der Waals surface area contributed by atoms with Crippen molar-refractivity contribution in [3.63, 3.8) is 0 Å². The van der Waals surface area contributed by atoms with Crippen LogP contribution >= 0.6 is 0 Å². The fraction of sp³-hybridized carbons (Fsp3) is 0.316. The van der Waals surface area contributed by atoms with Gasteiger partial charge in [-0.3, -0.25) is 14.5 Å². The van der Waals surface area contributed by atoms with Gasteiger partial charge in [0.05, 0.1) is 0 Å². The van der Waals surface area contributed by atoms with Gasteiger partial charge in [0.25, 0.3) is 11.5 Å². The van der Waals surface area contributed by atoms with Crippen molar-refractivity contribution in [3.8, 4) is 0 Å². The predicted molar refractivity (Wildman–Crippen MR) is 98.3 cm³/mol. The molecule has 0 fully saturated rings. The summed E-state index contributed by atoms with van der Waals surface area (Å²) < 4.78 is 1.45. The van der Waals surface area contributed by atoms with Crippen LogP contribution in [0.5, 0.6) is 0 Å². The minimum Gasteiger partial charge on any atom is -0.349 e. The molecular weight excluding hydrogens is 330 g/mol. The van der Waals surface area contributed by atoms with Crippen LogP contribution in [0.2, 0.25) is 0 Å². The number of fused-ring (bicyclic) bond motifs is 2. The lowest BCUT2D eigenvalue weighted by atomic mass is 10.00. The molecule has 26 heavy (non-hydrogen) atoms. The number of aromatic amines is 1. The van der Waals surface area contributed by atoms with Crippen LogP contribution in [0.25, 0.3) is 5.52 Å². The first-order valence-corrected chi connectivity index (χ1v) is 8.77. The van der Waals surface area contributed by atoms with Crippen LogP contribution in [0, 0.1) is 6.92 Å². The predicted octanol–water partition coefficient (Wildman–Crippen LogP) is 1.12. The van der Waals surface area contributed by atoms with E-state index in [1.165, 1.54) is 21.7 Å². The minimum absolute atomic E-state index is 0.247. The van der Waals surface area contributed by atoms with Gasteiger partial charge in [0.2, 0.25) is 0 Å². The average molecular weight is 351 g/mol. The molecule has 0 spiro atoms. The molecule has 7 nitrogen and oxygen atoms in total. The van der Waals surface area contributed by atoms with E-state index in [9.17, 15) is 9.59 Å². The highest BCUT2D eigenvalue weighted by molar-refractivity contribution is 5.93. The summed E-state index contributed by atoms with van der Waals surface area (Å²) in [5.41, 5.74) is 3.85. The lowest BCUT2D eigenvalue weighted by Crippen LogP contribution is -2.37. The molecular formula is C19H21N5O2. The number of hydrogen-bond donors (Lipinski definition) is 2. The van der Waals surface area contributed by atoms with Crippen molar-refractivity contribution in [2.24, 2.45) is 0 Å². The fourth-order valence-corrected chi connectivity index (χ4v) is 3.40. The van der Waals surface area contributed by atoms with E-state index in [0.29, 0.717) is 17.8 Å². The van der Waals surface area contributed by atoms with Gasteiger partial charge >= 0.3 is 0 Å². The van der Waals surface area contributed by atoms with Crippen molar-refractivity contribution < 1.29 is 4.79 Å². The van der Waals surface area contributed by atoms with Crippen molar-refractivity contribution in [1.82, 2.24) is 24.8 Å². The van der Waals surface area contributed by atoms with Gasteiger partial charge in [0.15, 0.2) is 5.69 Å². The largest absolute Gasteiger partial charge is 0.349 e. The molecule has 2 aromatic heterocycles. The van der Waals surface area contributed by atoms with E-state index in [2.05, 4.69) is 44.6 Å². The SMILES string of the molecule is Cc1cn2nc(C(=O)NCCN3CCc4ccccc4C3)cc2c(=O)[nH]1. The lowest BCUT2D eigenvalue weighted by molar-refractivity contribution is 0.0942. The Hall–Kier alpha value is -2.93. The third-order valence-electron chi connectivity index (χ3n) is 4.75. The highest BCUT2D eigenvalue weighted by atomic mass is 16.2. The normalized spacial score (nSPS) is 14.3. The molecule has 3 heterocycles. The molecule has 4 rings (SSSR count). The summed E-state index contributed by atoms with van der Waals surface area (Å²) in [7, 11) is 0. The Morgan fingerprint density at radius 2 is 2.12 bits per heavy atom. The lowest BCUT2D eigenvalue weighted by Gasteiger charge is -2.28. The van der Waals surface area contributed by atoms with Gasteiger partial charge in [0, 0.05) is 44.1 Å². The van der Waals surface area contributed by atoms with E-state index in [0.717, 1.165) is 26.1 Å². The topological polar surface area (TPSA) is 82.5 Å². The summed E-state index contributed by atoms with van der Waals surface area (Å²) in [4.78, 5) is 29.3. The number of H-pyrrole nitrogens is 1. The van der Waals surface area contributed by atoms with Crippen molar-refractivity contribution in [2.75, 3.05) is 19.6 Å². The van der Waals surface area contributed by atoms with E-state index in [-0.39, 0.29) is 17.2 Å². The maximum Gasteiger partial charge on any atom is 0.274 e. The molecule has 0 bridgehead atoms. The van der Waals surface area contributed by atoms with Crippen LogP contribution in [0.15, 0.2) is 41.3 Å². The second-order valence-electron chi connectivity index (χ2n) is 6.68. The van der Waals surface area contributed by atoms with Crippen molar-refractivity contribution >= 4 is 11.4 Å². The van der Waals surface area contributed by atoms with Gasteiger partial charge in [-0.2, -0.15) is 5.10 Å². The molecule has 0 unspecified atom stereocenters. The van der Waals surface area contributed by atoms with Crippen molar-refractivity contribution in [1.29, 1.82) is 0 Å². The molecule has 0 radical (unpaired) electrons. The highest BCUT2D eigenvalue weighted by Gasteiger charge is 2.16. The van der Waals surface area contributed by atoms with Crippen LogP contribution in [0.4, 0.5) is 0 Å². The second-order valence-corrected chi connectivity index (χ2v) is 6.68. The molecule has 3 aromatic rings. The molecule has 1 aromatic carbocycles. The van der Waals surface area contributed by atoms with E-state index in [1.54, 1.807) is 13.1 Å². The Bertz CT molecular complexity index is 1020. The number of rotatable bonds is 4. The summed E-state index contributed by atoms with van der Waals surface area (Å²) in [5.74, 6) is -0.261. The number of hydrogen-bond acceptors (Lipinski definition) is 4. The Morgan fingerprint density at radius 3 is 2.96 bits per heavy atom. The van der Waals surface area contributed by atoms with Crippen LogP contribution in [-0.2, 0) is 13.0 Å². The molecule has 0 atom stereocenters. The number of nitrogens with one attached hydrogen (secondary N) is 2. The first kappa shape index (κ1) is 16.5. The molecule has 1 aliphatic rings. The van der Waals surface area contributed by atoms with E-state index >= 15 is 0 Å². The molecule has 0 aliphatic carbocycles. The Labute approximate surface area is 150 Å². The van der Waals surface area contributed by atoms with E-state index < -0.39 is 0 Å². The van der Waals surface area contributed by atoms with Gasteiger partial charge in [0.1, 0.15) is 5.52 Å². The fourth-order valence-electron chi connectivity index (χ4n) is 3.40. The maximum atomic E-state index is 12.3. The number of aromatic nitrogens is 3. The van der Waals surface area contributed by atoms with Crippen molar-refractivity contribution in [2.45, 2.75) is 19.9 Å². The average Bonchev–Trinajstić information content (AvgIpc) is 3.06. The van der Waals surface area contributed by atoms with Crippen LogP contribution in [-0.4, -0.2) is 45.0 Å². The van der Waals surface area contributed by atoms with E-state index in [4.69, 9.17) is 0 Å². The molecule has 7 heteroatoms. The highest BCUT2D eigenvalue weighted by Crippen LogP contribution is 2.17. The molecule has 0 saturated heterocycles. The molecule has 134 valence electrons. The molecule has 1 amide bonds. The molecule has 1 aliphatic heterocycles. The molecule has 0 saturated carbocycles. The second kappa shape index (κ2) is 6.76. The minimum atomic E-state index is -0.261. The zero-order valence-electron chi connectivity index (χ0n) is 14.7. The third kappa shape index (κ3) is 3.25. The number of aryl methyl sites for hydroxylation is 1. The van der Waals surface area contributed by atoms with Gasteiger partial charge in [-0.1, -0.05) is 24.3 Å². The molecule has 2 N–H and O–H groups in total. The van der Waals surface area contributed by atoms with Crippen LogP contribution < -0.4 is 10.9 Å². The quantitative estimate of drug-likeness (QED) is 0.738. The summed E-state index contributed by atoms with van der Waals surface area (Å²) in [6.45, 7) is 5.02. The van der Waals surface area contributed by atoms with Gasteiger partial charge in [-0.25, -0.2) is 4.52 Å². The standard InChI is InChI=1S/C19H21N5O2/c1-13-11-24-17(19(26)21-13)10-16(22-24)18(25)20-7-9-23-8-6-14-4-2-3-5-15(14)12-23/h2-5,10-11H,6-9,12H2,1H3,(H,20,25)(H,21,26). The van der Waals surface area contributed by atoms with Crippen molar-refractivity contribution in [3.05, 3.63) is 69.4 Å². The first-order valence-electron chi connectivity index (χ1n) is 8.77. The van der Waals surface area contributed by atoms with E-state index in [1.807, 2.05) is 0 Å². The Balaban J connectivity index is 1.36. The zero-order valence-corrected chi connectivity index (χ0v) is 14.7. The monoisotopic (exact) mass is 351 g/mol. The van der Waals surface area contributed by atoms with Gasteiger partial charge in [-0.15, -0.1) is 0 Å². The summed E-state index contributed by atoms with van der Waals surface area (Å²) in [6, 6.07) is 10.0. The zero-order chi connectivity index (χ0) is 18.1. The maximum absolute atomic E-state index is 12.3. The Kier molecular flexibility index (Phi) is 4.30. The Morgan fingerprint density at radius 1 is 1.31 bits per heavy atom. The number of carbonyl (C=O) groups is 1. The summed E-state index contributed by atoms with van der Waals surface area (Å²) in [6.07, 6.45) is 2.73. The summed E-state index contributed by atoms with van der Waals surface area (Å²) in [5, 5.41) is 7.10. The third-order valence-corrected chi connectivity index (χ3v) is 4.75. The van der Waals surface area contributed by atoms with Crippen LogP contribution in [0.3, 0.4) is 0 Å². The smallest absolute Gasteiger partial charge is 0.274 e. The number of nitrogens with zero attached hydrogens (tertiary/aromatic N) is 3. The van der Waals surface area contributed by atoms with Gasteiger partial charge in [-0.05, 0) is 24.5 Å². The number of amides is 1. The van der Waals surface area contributed by atoms with Crippen LogP contribution in [0.1, 0.15) is 27.3 Å². The summed E-state index contributed by atoms with van der Waals surface area (Å²) >= 11 is 0. The van der Waals surface area contributed by atoms with Gasteiger partial charge < -0.3 is 10.3 Å².